The van der Waals surface area contributed by atoms with Crippen molar-refractivity contribution in [1.29, 1.82) is 0 Å². The summed E-state index contributed by atoms with van der Waals surface area (Å²) in [6.07, 6.45) is 17.3. The van der Waals surface area contributed by atoms with Gasteiger partial charge in [0.05, 0.1) is 19.6 Å². The van der Waals surface area contributed by atoms with Crippen LogP contribution in [0.25, 0.3) is 0 Å². The van der Waals surface area contributed by atoms with Crippen LogP contribution in [-0.4, -0.2) is 42.2 Å². The molecule has 1 saturated heterocycles. The van der Waals surface area contributed by atoms with Gasteiger partial charge in [-0.15, -0.1) is 0 Å². The van der Waals surface area contributed by atoms with E-state index in [9.17, 15) is 0 Å². The minimum atomic E-state index is 1.08. The number of thioether (sulfide) groups is 1. The first-order valence-corrected chi connectivity index (χ1v) is 12.6. The maximum Gasteiger partial charge on any atom is 0.141 e. The van der Waals surface area contributed by atoms with Gasteiger partial charge >= 0.3 is 0 Å². The van der Waals surface area contributed by atoms with Crippen LogP contribution in [0.4, 0.5) is 0 Å². The Morgan fingerprint density at radius 3 is 1.79 bits per heavy atom. The van der Waals surface area contributed by atoms with Gasteiger partial charge in [-0.1, -0.05) is 71.1 Å². The fourth-order valence-electron chi connectivity index (χ4n) is 3.68. The van der Waals surface area contributed by atoms with Crippen LogP contribution in [-0.2, 0) is 0 Å². The molecular weight excluding hydrogens is 425 g/mol. The predicted octanol–water partition coefficient (Wildman–Crippen LogP) is 6.65. The molecule has 0 spiro atoms. The Kier molecular flexibility index (Phi) is 14.9. The van der Waals surface area contributed by atoms with Crippen LogP contribution < -0.4 is 0 Å². The summed E-state index contributed by atoms with van der Waals surface area (Å²) in [4.78, 5) is 0. The molecule has 0 aromatic rings. The average molecular weight is 465 g/mol. The van der Waals surface area contributed by atoms with E-state index < -0.39 is 0 Å². The maximum absolute atomic E-state index is 3.35. The van der Waals surface area contributed by atoms with Crippen LogP contribution >= 0.6 is 34.4 Å². The molecule has 0 saturated carbocycles. The maximum atomic E-state index is 3.35. The topological polar surface area (TPSA) is 0 Å². The van der Waals surface area contributed by atoms with Crippen molar-refractivity contribution in [3.05, 3.63) is 0 Å². The van der Waals surface area contributed by atoms with Crippen molar-refractivity contribution in [2.45, 2.75) is 84.0 Å². The Morgan fingerprint density at radius 1 is 0.792 bits per heavy atom. The van der Waals surface area contributed by atoms with E-state index in [-0.39, 0.29) is 0 Å². The minimum absolute atomic E-state index is 1.08. The zero-order valence-electron chi connectivity index (χ0n) is 16.0. The van der Waals surface area contributed by atoms with E-state index in [1.54, 1.807) is 0 Å². The van der Waals surface area contributed by atoms with E-state index in [4.69, 9.17) is 0 Å². The monoisotopic (exact) mass is 464 g/mol. The summed E-state index contributed by atoms with van der Waals surface area (Å²) in [6, 6.07) is 0. The van der Waals surface area contributed by atoms with E-state index in [2.05, 4.69) is 51.1 Å². The molecule has 1 fully saturated rings. The molecule has 1 heterocycles. The second-order valence-corrected chi connectivity index (χ2v) is 9.21. The highest BCUT2D eigenvalue weighted by molar-refractivity contribution is 14.1. The molecule has 0 radical (unpaired) electrons. The Morgan fingerprint density at radius 2 is 1.29 bits per heavy atom. The fraction of sp³-hybridized carbons (Fsp3) is 0.905. The molecule has 0 aliphatic carbocycles. The summed E-state index contributed by atoms with van der Waals surface area (Å²) in [5, 5.41) is 0. The van der Waals surface area contributed by atoms with Gasteiger partial charge in [-0.05, 0) is 22.7 Å². The molecule has 1 aliphatic heterocycles. The fourth-order valence-corrected chi connectivity index (χ4v) is 5.08. The van der Waals surface area contributed by atoms with Gasteiger partial charge in [-0.2, -0.15) is 11.8 Å². The molecule has 1 nitrogen and oxygen atoms in total. The van der Waals surface area contributed by atoms with E-state index in [1.165, 1.54) is 113 Å². The number of hydrogen-bond acceptors (Lipinski definition) is 1. The first kappa shape index (κ1) is 22.6. The normalized spacial score (nSPS) is 16.6. The number of hydrogen-bond donors (Lipinski definition) is 0. The Hall–Kier alpha value is 0.600. The van der Waals surface area contributed by atoms with Gasteiger partial charge in [0.1, 0.15) is 6.54 Å². The van der Waals surface area contributed by atoms with Gasteiger partial charge in [-0.3, -0.25) is 0 Å². The minimum Gasteiger partial charge on any atom is -0.312 e. The van der Waals surface area contributed by atoms with Crippen LogP contribution in [0.15, 0.2) is 0 Å². The number of halogens is 1. The number of unbranched alkanes of at least 4 members (excludes halogenated alkanes) is 11. The van der Waals surface area contributed by atoms with Crippen LogP contribution in [0.3, 0.4) is 0 Å². The molecule has 0 atom stereocenters. The molecule has 24 heavy (non-hydrogen) atoms. The smallest absolute Gasteiger partial charge is 0.141 e. The zero-order chi connectivity index (χ0) is 17.3. The molecule has 1 aliphatic rings. The van der Waals surface area contributed by atoms with E-state index in [0.717, 1.165) is 6.54 Å². The standard InChI is InChI=1S/C21H39INS/c1-2-3-4-5-6-7-8-9-10-11-12-13-16-23(17-14-15-22)18-20-24-21-19-23/h2-13,16-21H2,1H3/q+1. The molecule has 1 rings (SSSR count). The summed E-state index contributed by atoms with van der Waals surface area (Å²) < 4.78 is 4.36. The first-order chi connectivity index (χ1) is 11.8. The van der Waals surface area contributed by atoms with Gasteiger partial charge < -0.3 is 4.48 Å². The van der Waals surface area contributed by atoms with Gasteiger partial charge in [0.15, 0.2) is 0 Å². The van der Waals surface area contributed by atoms with Crippen molar-refractivity contribution < 1.29 is 4.48 Å². The lowest BCUT2D eigenvalue weighted by atomic mass is 10.0. The van der Waals surface area contributed by atoms with Gasteiger partial charge in [-0.25, -0.2) is 0 Å². The molecule has 0 aromatic carbocycles. The molecule has 140 valence electrons. The number of quaternary nitrogens is 1. The molecule has 0 N–H and O–H groups in total. The van der Waals surface area contributed by atoms with Gasteiger partial charge in [0.2, 0.25) is 0 Å². The quantitative estimate of drug-likeness (QED) is 0.120. The highest BCUT2D eigenvalue weighted by Crippen LogP contribution is 2.20. The third-order valence-corrected chi connectivity index (χ3v) is 6.71. The average Bonchev–Trinajstić information content (AvgIpc) is 2.62. The molecule has 0 unspecified atom stereocenters. The molecule has 0 amide bonds. The Bertz CT molecular complexity index is 341. The lowest BCUT2D eigenvalue weighted by molar-refractivity contribution is -0.918. The largest absolute Gasteiger partial charge is 0.312 e. The van der Waals surface area contributed by atoms with Crippen LogP contribution in [0, 0.1) is 9.85 Å². The Balaban J connectivity index is 1.97. The van der Waals surface area contributed by atoms with Gasteiger partial charge in [0, 0.05) is 34.1 Å². The van der Waals surface area contributed by atoms with Crippen LogP contribution in [0.2, 0.25) is 0 Å². The summed E-state index contributed by atoms with van der Waals surface area (Å²) in [5.41, 5.74) is 0. The van der Waals surface area contributed by atoms with Gasteiger partial charge in [0.25, 0.3) is 0 Å². The summed E-state index contributed by atoms with van der Waals surface area (Å²) in [6.45, 7) is 7.43. The van der Waals surface area contributed by atoms with Crippen molar-refractivity contribution in [1.82, 2.24) is 0 Å². The SMILES string of the molecule is CCCCCCCCCCCCCC[N+]1(CC#CI)CCSCC1. The van der Waals surface area contributed by atoms with Crippen molar-refractivity contribution in [2.24, 2.45) is 0 Å². The molecular formula is C21H39INS+. The lowest BCUT2D eigenvalue weighted by Crippen LogP contribution is -2.54. The van der Waals surface area contributed by atoms with E-state index in [1.807, 2.05) is 0 Å². The van der Waals surface area contributed by atoms with E-state index in [0.29, 0.717) is 0 Å². The van der Waals surface area contributed by atoms with Crippen molar-refractivity contribution >= 4 is 34.4 Å². The lowest BCUT2D eigenvalue weighted by Gasteiger charge is -2.40. The van der Waals surface area contributed by atoms with Crippen molar-refractivity contribution in [3.63, 3.8) is 0 Å². The first-order valence-electron chi connectivity index (χ1n) is 10.3. The van der Waals surface area contributed by atoms with Crippen molar-refractivity contribution in [2.75, 3.05) is 37.7 Å². The number of nitrogens with zero attached hydrogens (tertiary/aromatic N) is 1. The Labute approximate surface area is 169 Å². The second kappa shape index (κ2) is 15.8. The second-order valence-electron chi connectivity index (χ2n) is 7.44. The summed E-state index contributed by atoms with van der Waals surface area (Å²) >= 11 is 4.32. The molecule has 3 heteroatoms. The third-order valence-electron chi connectivity index (χ3n) is 5.39. The highest BCUT2D eigenvalue weighted by atomic mass is 127. The van der Waals surface area contributed by atoms with E-state index >= 15 is 0 Å². The molecule has 0 aromatic heterocycles. The zero-order valence-corrected chi connectivity index (χ0v) is 18.9. The van der Waals surface area contributed by atoms with Crippen LogP contribution in [0.5, 0.6) is 0 Å². The van der Waals surface area contributed by atoms with Crippen molar-refractivity contribution in [3.8, 4) is 9.85 Å². The molecule has 0 bridgehead atoms. The number of rotatable bonds is 14. The predicted molar refractivity (Wildman–Crippen MR) is 120 cm³/mol. The summed E-state index contributed by atoms with van der Waals surface area (Å²) in [5.74, 6) is 6.02. The highest BCUT2D eigenvalue weighted by Gasteiger charge is 2.28. The summed E-state index contributed by atoms with van der Waals surface area (Å²) in [7, 11) is 0. The van der Waals surface area contributed by atoms with Crippen LogP contribution in [0.1, 0.15) is 84.0 Å². The third kappa shape index (κ3) is 11.3.